The van der Waals surface area contributed by atoms with Crippen molar-refractivity contribution in [1.82, 2.24) is 10.1 Å². The van der Waals surface area contributed by atoms with Crippen LogP contribution in [0, 0.1) is 11.5 Å². The van der Waals surface area contributed by atoms with Crippen LogP contribution in [-0.4, -0.2) is 18.6 Å². The average Bonchev–Trinajstić information content (AvgIpc) is 3.28. The topological polar surface area (TPSA) is 111 Å². The third-order valence-electron chi connectivity index (χ3n) is 4.47. The Kier molecular flexibility index (Phi) is 9.62. The molecule has 0 saturated heterocycles. The number of aromatic nitrogens is 2. The molecule has 0 unspecified atom stereocenters. The van der Waals surface area contributed by atoms with Gasteiger partial charge in [0.05, 0.1) is 15.5 Å². The van der Waals surface area contributed by atoms with Crippen molar-refractivity contribution in [2.24, 2.45) is 0 Å². The summed E-state index contributed by atoms with van der Waals surface area (Å²) in [6, 6.07) is 19.1. The summed E-state index contributed by atoms with van der Waals surface area (Å²) in [5, 5.41) is 13.6. The second-order valence-corrected chi connectivity index (χ2v) is 10.1. The third kappa shape index (κ3) is 6.43. The van der Waals surface area contributed by atoms with Crippen LogP contribution in [0.25, 0.3) is 27.6 Å². The fourth-order valence-corrected chi connectivity index (χ4v) is 5.53. The van der Waals surface area contributed by atoms with E-state index in [1.165, 1.54) is 30.1 Å². The van der Waals surface area contributed by atoms with Crippen LogP contribution < -0.4 is 51.4 Å². The number of nitrogens with zero attached hydrogens (tertiary/aromatic N) is 4. The maximum Gasteiger partial charge on any atom is 1.00 e. The Hall–Kier alpha value is -1.39. The van der Waals surface area contributed by atoms with Gasteiger partial charge in [-0.05, 0) is 42.0 Å². The molecule has 166 valence electrons. The molecule has 0 radical (unpaired) electrons. The summed E-state index contributed by atoms with van der Waals surface area (Å²) >= 11 is 13.6. The van der Waals surface area contributed by atoms with E-state index in [1.54, 1.807) is 24.3 Å². The molecule has 0 aliphatic heterocycles. The molecule has 0 bridgehead atoms. The van der Waals surface area contributed by atoms with Gasteiger partial charge in [0.1, 0.15) is 0 Å². The van der Waals surface area contributed by atoms with Crippen molar-refractivity contribution in [2.75, 3.05) is 0 Å². The molecular weight excluding hydrogens is 542 g/mol. The molecule has 34 heavy (non-hydrogen) atoms. The van der Waals surface area contributed by atoms with E-state index >= 15 is 0 Å². The van der Waals surface area contributed by atoms with Gasteiger partial charge in [-0.25, -0.2) is 8.42 Å². The fraction of sp³-hybridized carbons (Fsp3) is 0.0455. The second kappa shape index (κ2) is 12.0. The van der Waals surface area contributed by atoms with E-state index in [1.807, 2.05) is 30.3 Å². The van der Waals surface area contributed by atoms with Gasteiger partial charge in [0.2, 0.25) is 15.8 Å². The number of hydrogen-bond donors (Lipinski definition) is 0. The van der Waals surface area contributed by atoms with Crippen molar-refractivity contribution in [2.45, 2.75) is 15.5 Å². The van der Waals surface area contributed by atoms with Crippen LogP contribution in [0.15, 0.2) is 81.0 Å². The van der Waals surface area contributed by atoms with Gasteiger partial charge in [-0.15, -0.1) is 11.8 Å². The molecule has 3 aromatic carbocycles. The molecule has 1 heterocycles. The van der Waals surface area contributed by atoms with Crippen molar-refractivity contribution in [1.29, 1.82) is 5.26 Å². The summed E-state index contributed by atoms with van der Waals surface area (Å²) in [5.41, 5.74) is 1.86. The fourth-order valence-electron chi connectivity index (χ4n) is 2.90. The normalized spacial score (nSPS) is 10.9. The Balaban J connectivity index is 0.00000324. The van der Waals surface area contributed by atoms with Crippen LogP contribution in [0.2, 0.25) is 10.0 Å². The number of rotatable bonds is 7. The van der Waals surface area contributed by atoms with Gasteiger partial charge in [0.15, 0.2) is 0 Å². The van der Waals surface area contributed by atoms with Crippen LogP contribution in [0.3, 0.4) is 0 Å². The van der Waals surface area contributed by atoms with E-state index in [-0.39, 0.29) is 78.6 Å². The van der Waals surface area contributed by atoms with Crippen molar-refractivity contribution in [3.63, 3.8) is 0 Å². The van der Waals surface area contributed by atoms with Crippen LogP contribution in [0.5, 0.6) is 0 Å². The van der Waals surface area contributed by atoms with Gasteiger partial charge in [0.25, 0.3) is 5.89 Å². The number of benzene rings is 3. The van der Waals surface area contributed by atoms with Crippen molar-refractivity contribution >= 4 is 45.0 Å². The summed E-state index contributed by atoms with van der Waals surface area (Å²) in [7, 11) is -4.26. The second-order valence-electron chi connectivity index (χ2n) is 6.65. The zero-order valence-corrected chi connectivity index (χ0v) is 23.9. The molecule has 1 aromatic heterocycles. The Bertz CT molecular complexity index is 1440. The van der Waals surface area contributed by atoms with Crippen LogP contribution >= 0.6 is 35.0 Å². The third-order valence-corrected chi connectivity index (χ3v) is 7.50. The van der Waals surface area contributed by atoms with E-state index < -0.39 is 10.0 Å². The molecule has 4 rings (SSSR count). The molecule has 0 amide bonds. The summed E-state index contributed by atoms with van der Waals surface area (Å²) in [4.78, 5) is 4.51. The van der Waals surface area contributed by atoms with Gasteiger partial charge >= 0.3 is 51.4 Å². The summed E-state index contributed by atoms with van der Waals surface area (Å²) in [6.07, 6.45) is 1.34. The summed E-state index contributed by atoms with van der Waals surface area (Å²) < 4.78 is 33.8. The first-order chi connectivity index (χ1) is 15.9. The summed E-state index contributed by atoms with van der Waals surface area (Å²) in [5.74, 6) is 0.803. The number of halogens is 2. The van der Waals surface area contributed by atoms with Gasteiger partial charge in [0, 0.05) is 21.2 Å². The molecular formula is C22H13Cl2KN4O3S2. The standard InChI is InChI=1S/C22H13Cl2N4O3S2.K/c23-16-8-6-15(7-9-16)21-27-22(31-28-21)17-10-20(33(29,30)26-13-25)19(11-18(17)24)32-12-14-4-2-1-3-5-14;/h1-11H,12H2;/q-1;+1. The molecule has 0 spiro atoms. The van der Waals surface area contributed by atoms with Crippen molar-refractivity contribution in [3.05, 3.63) is 87.1 Å². The van der Waals surface area contributed by atoms with E-state index in [2.05, 4.69) is 14.9 Å². The minimum atomic E-state index is -4.26. The number of hydrogen-bond acceptors (Lipinski definition) is 7. The smallest absolute Gasteiger partial charge is 0.493 e. The molecule has 4 aromatic rings. The van der Waals surface area contributed by atoms with E-state index in [0.29, 0.717) is 21.2 Å². The van der Waals surface area contributed by atoms with Gasteiger partial charge < -0.3 is 14.5 Å². The molecule has 0 aliphatic rings. The maximum atomic E-state index is 12.7. The number of sulfonamides is 1. The van der Waals surface area contributed by atoms with Crippen LogP contribution in [0.1, 0.15) is 5.56 Å². The SMILES string of the molecule is N#C[N-]S(=O)(=O)c1cc(-c2nc(-c3ccc(Cl)cc3)no2)c(Cl)cc1SCc1ccccc1.[K+]. The maximum absolute atomic E-state index is 12.7. The monoisotopic (exact) mass is 554 g/mol. The van der Waals surface area contributed by atoms with Crippen molar-refractivity contribution < 1.29 is 64.3 Å². The average molecular weight is 556 g/mol. The predicted octanol–water partition coefficient (Wildman–Crippen LogP) is 3.55. The van der Waals surface area contributed by atoms with Gasteiger partial charge in [-0.1, -0.05) is 64.9 Å². The molecule has 7 nitrogen and oxygen atoms in total. The van der Waals surface area contributed by atoms with Crippen LogP contribution in [0.4, 0.5) is 0 Å². The zero-order chi connectivity index (χ0) is 23.4. The number of nitriles is 1. The van der Waals surface area contributed by atoms with Gasteiger partial charge in [-0.3, -0.25) is 0 Å². The van der Waals surface area contributed by atoms with Crippen LogP contribution in [-0.2, 0) is 15.8 Å². The largest absolute Gasteiger partial charge is 1.00 e. The minimum absolute atomic E-state index is 0. The first-order valence-corrected chi connectivity index (χ1v) is 12.5. The Morgan fingerprint density at radius 1 is 1.06 bits per heavy atom. The van der Waals surface area contributed by atoms with E-state index in [0.717, 1.165) is 5.56 Å². The van der Waals surface area contributed by atoms with Crippen molar-refractivity contribution in [3.8, 4) is 29.0 Å². The van der Waals surface area contributed by atoms with E-state index in [4.69, 9.17) is 33.0 Å². The predicted molar refractivity (Wildman–Crippen MR) is 127 cm³/mol. The van der Waals surface area contributed by atoms with Gasteiger partial charge in [-0.2, -0.15) is 4.98 Å². The Morgan fingerprint density at radius 2 is 1.76 bits per heavy atom. The molecule has 0 N–H and O–H groups in total. The first-order valence-electron chi connectivity index (χ1n) is 9.34. The quantitative estimate of drug-likeness (QED) is 0.195. The minimum Gasteiger partial charge on any atom is -0.493 e. The summed E-state index contributed by atoms with van der Waals surface area (Å²) in [6.45, 7) is 0. The Labute approximate surface area is 253 Å². The number of thioether (sulfide) groups is 1. The molecule has 0 saturated carbocycles. The molecule has 0 atom stereocenters. The molecule has 0 aliphatic carbocycles. The molecule has 0 fully saturated rings. The zero-order valence-electron chi connectivity index (χ0n) is 17.6. The first kappa shape index (κ1) is 27.2. The molecule has 12 heteroatoms. The Morgan fingerprint density at radius 3 is 2.44 bits per heavy atom. The van der Waals surface area contributed by atoms with E-state index in [9.17, 15) is 8.42 Å².